The molecule has 0 unspecified atom stereocenters. The summed E-state index contributed by atoms with van der Waals surface area (Å²) in [4.78, 5) is 32.4. The van der Waals surface area contributed by atoms with Gasteiger partial charge in [-0.1, -0.05) is 0 Å². The number of pyridine rings is 2. The van der Waals surface area contributed by atoms with Crippen molar-refractivity contribution in [3.8, 4) is 0 Å². The molecule has 0 aromatic carbocycles. The van der Waals surface area contributed by atoms with Gasteiger partial charge in [0, 0.05) is 19.3 Å². The molecule has 104 valence electrons. The highest BCUT2D eigenvalue weighted by Gasteiger charge is 2.19. The van der Waals surface area contributed by atoms with Crippen molar-refractivity contribution < 1.29 is 9.90 Å². The van der Waals surface area contributed by atoms with Crippen LogP contribution < -0.4 is 10.3 Å². The largest absolute Gasteiger partial charge is 0.477 e. The summed E-state index contributed by atoms with van der Waals surface area (Å²) in [5.41, 5.74) is -0.391. The van der Waals surface area contributed by atoms with Gasteiger partial charge in [-0.3, -0.25) is 4.79 Å². The molecular formula is C13H12BrN3O3. The van der Waals surface area contributed by atoms with Gasteiger partial charge in [-0.25, -0.2) is 9.78 Å². The molecule has 20 heavy (non-hydrogen) atoms. The third-order valence-electron chi connectivity index (χ3n) is 3.44. The molecule has 0 radical (unpaired) electrons. The van der Waals surface area contributed by atoms with Gasteiger partial charge in [0.25, 0.3) is 0 Å². The van der Waals surface area contributed by atoms with Crippen molar-refractivity contribution in [1.82, 2.24) is 9.97 Å². The minimum atomic E-state index is -1.24. The highest BCUT2D eigenvalue weighted by Crippen LogP contribution is 2.28. The van der Waals surface area contributed by atoms with Gasteiger partial charge in [-0.2, -0.15) is 0 Å². The molecule has 0 spiro atoms. The fourth-order valence-corrected chi connectivity index (χ4v) is 2.99. The Labute approximate surface area is 122 Å². The number of aromatic carboxylic acids is 1. The minimum Gasteiger partial charge on any atom is -0.477 e. The first-order valence-corrected chi connectivity index (χ1v) is 7.07. The van der Waals surface area contributed by atoms with E-state index in [0.717, 1.165) is 31.7 Å². The molecule has 3 heterocycles. The quantitative estimate of drug-likeness (QED) is 0.875. The average molecular weight is 338 g/mol. The lowest BCUT2D eigenvalue weighted by Gasteiger charge is -2.18. The Kier molecular flexibility index (Phi) is 3.21. The van der Waals surface area contributed by atoms with E-state index in [1.807, 2.05) is 0 Å². The molecule has 1 saturated heterocycles. The Hall–Kier alpha value is -1.89. The van der Waals surface area contributed by atoms with Crippen molar-refractivity contribution in [3.05, 3.63) is 32.5 Å². The number of aromatic amines is 1. The lowest BCUT2D eigenvalue weighted by molar-refractivity contribution is 0.0695. The Morgan fingerprint density at radius 1 is 1.40 bits per heavy atom. The number of hydrogen-bond acceptors (Lipinski definition) is 4. The van der Waals surface area contributed by atoms with Crippen LogP contribution in [0.25, 0.3) is 11.0 Å². The van der Waals surface area contributed by atoms with Crippen molar-refractivity contribution in [2.45, 2.75) is 12.8 Å². The predicted molar refractivity (Wildman–Crippen MR) is 78.5 cm³/mol. The summed E-state index contributed by atoms with van der Waals surface area (Å²) in [6.45, 7) is 1.88. The first-order valence-electron chi connectivity index (χ1n) is 6.28. The highest BCUT2D eigenvalue weighted by molar-refractivity contribution is 9.10. The molecule has 0 bridgehead atoms. The number of carboxylic acid groups (broad SMARTS) is 1. The van der Waals surface area contributed by atoms with E-state index < -0.39 is 11.4 Å². The summed E-state index contributed by atoms with van der Waals surface area (Å²) in [6.07, 6.45) is 3.45. The molecule has 3 rings (SSSR count). The Bertz CT molecular complexity index is 750. The summed E-state index contributed by atoms with van der Waals surface area (Å²) in [6, 6.07) is 1.64. The molecule has 2 N–H and O–H groups in total. The van der Waals surface area contributed by atoms with Crippen molar-refractivity contribution in [3.63, 3.8) is 0 Å². The minimum absolute atomic E-state index is 0.278. The smallest absolute Gasteiger partial charge is 0.341 e. The van der Waals surface area contributed by atoms with Gasteiger partial charge < -0.3 is 15.0 Å². The van der Waals surface area contributed by atoms with Gasteiger partial charge in [-0.05, 0) is 34.8 Å². The summed E-state index contributed by atoms with van der Waals surface area (Å²) >= 11 is 3.42. The van der Waals surface area contributed by atoms with Gasteiger partial charge in [0.15, 0.2) is 0 Å². The number of nitrogens with zero attached hydrogens (tertiary/aromatic N) is 2. The van der Waals surface area contributed by atoms with Crippen LogP contribution in [-0.2, 0) is 0 Å². The zero-order chi connectivity index (χ0) is 14.3. The summed E-state index contributed by atoms with van der Waals surface area (Å²) in [5.74, 6) is -0.457. The van der Waals surface area contributed by atoms with Crippen LogP contribution >= 0.6 is 15.9 Å². The maximum absolute atomic E-state index is 12.1. The van der Waals surface area contributed by atoms with Crippen LogP contribution in [0.5, 0.6) is 0 Å². The third kappa shape index (κ3) is 2.07. The lowest BCUT2D eigenvalue weighted by Crippen LogP contribution is -2.21. The third-order valence-corrected chi connectivity index (χ3v) is 4.02. The number of fused-ring (bicyclic) bond motifs is 1. The SMILES string of the molecule is O=C(O)c1c[nH]c2nc(N3CCCC3)c(Br)cc2c1=O. The number of nitrogens with one attached hydrogen (secondary N) is 1. The molecule has 1 aliphatic heterocycles. The second-order valence-electron chi connectivity index (χ2n) is 4.72. The van der Waals surface area contributed by atoms with Crippen LogP contribution in [0.2, 0.25) is 0 Å². The number of carbonyl (C=O) groups is 1. The van der Waals surface area contributed by atoms with Crippen molar-refractivity contribution in [1.29, 1.82) is 0 Å². The van der Waals surface area contributed by atoms with E-state index in [9.17, 15) is 9.59 Å². The number of hydrogen-bond donors (Lipinski definition) is 2. The Balaban J connectivity index is 2.20. The van der Waals surface area contributed by atoms with E-state index in [-0.39, 0.29) is 10.9 Å². The second kappa shape index (κ2) is 4.90. The fourth-order valence-electron chi connectivity index (χ4n) is 2.42. The average Bonchev–Trinajstić information content (AvgIpc) is 2.92. The molecule has 0 amide bonds. The molecule has 0 atom stereocenters. The molecule has 2 aromatic rings. The normalized spacial score (nSPS) is 14.9. The summed E-state index contributed by atoms with van der Waals surface area (Å²) in [5, 5.41) is 9.24. The second-order valence-corrected chi connectivity index (χ2v) is 5.58. The van der Waals surface area contributed by atoms with Crippen molar-refractivity contribution in [2.24, 2.45) is 0 Å². The maximum Gasteiger partial charge on any atom is 0.341 e. The molecule has 0 saturated carbocycles. The number of aromatic nitrogens is 2. The van der Waals surface area contributed by atoms with Crippen LogP contribution in [0.1, 0.15) is 23.2 Å². The zero-order valence-corrected chi connectivity index (χ0v) is 12.1. The van der Waals surface area contributed by atoms with Gasteiger partial charge in [0.2, 0.25) is 5.43 Å². The van der Waals surface area contributed by atoms with Gasteiger partial charge in [0.05, 0.1) is 9.86 Å². The van der Waals surface area contributed by atoms with Crippen LogP contribution in [0.15, 0.2) is 21.5 Å². The molecule has 0 aliphatic carbocycles. The van der Waals surface area contributed by atoms with E-state index in [0.29, 0.717) is 10.1 Å². The number of halogens is 1. The first kappa shape index (κ1) is 13.1. The standard InChI is InChI=1S/C13H12BrN3O3/c14-9-5-7-10(18)8(13(19)20)6-15-11(7)16-12(9)17-3-1-2-4-17/h5-6H,1-4H2,(H,19,20)(H,15,16,18). The van der Waals surface area contributed by atoms with E-state index in [1.54, 1.807) is 6.07 Å². The van der Waals surface area contributed by atoms with Crippen LogP contribution in [0.3, 0.4) is 0 Å². The summed E-state index contributed by atoms with van der Waals surface area (Å²) < 4.78 is 0.708. The predicted octanol–water partition coefficient (Wildman–Crippen LogP) is 1.98. The number of carboxylic acids is 1. The summed E-state index contributed by atoms with van der Waals surface area (Å²) in [7, 11) is 0. The Morgan fingerprint density at radius 3 is 2.75 bits per heavy atom. The lowest BCUT2D eigenvalue weighted by atomic mass is 10.2. The van der Waals surface area contributed by atoms with Crippen LogP contribution in [-0.4, -0.2) is 34.1 Å². The van der Waals surface area contributed by atoms with Crippen LogP contribution in [0, 0.1) is 0 Å². The zero-order valence-electron chi connectivity index (χ0n) is 10.5. The van der Waals surface area contributed by atoms with Gasteiger partial charge >= 0.3 is 5.97 Å². The van der Waals surface area contributed by atoms with Gasteiger partial charge in [0.1, 0.15) is 17.0 Å². The molecule has 7 heteroatoms. The van der Waals surface area contributed by atoms with E-state index in [1.165, 1.54) is 6.20 Å². The molecule has 2 aromatic heterocycles. The first-order chi connectivity index (χ1) is 9.58. The van der Waals surface area contributed by atoms with E-state index in [4.69, 9.17) is 5.11 Å². The molecule has 1 fully saturated rings. The monoisotopic (exact) mass is 337 g/mol. The maximum atomic E-state index is 12.1. The molecule has 1 aliphatic rings. The number of anilines is 1. The number of H-pyrrole nitrogens is 1. The van der Waals surface area contributed by atoms with Crippen molar-refractivity contribution in [2.75, 3.05) is 18.0 Å². The highest BCUT2D eigenvalue weighted by atomic mass is 79.9. The van der Waals surface area contributed by atoms with E-state index >= 15 is 0 Å². The molecular weight excluding hydrogens is 326 g/mol. The van der Waals surface area contributed by atoms with Gasteiger partial charge in [-0.15, -0.1) is 0 Å². The van der Waals surface area contributed by atoms with Crippen molar-refractivity contribution >= 4 is 38.8 Å². The molecule has 6 nitrogen and oxygen atoms in total. The fraction of sp³-hybridized carbons (Fsp3) is 0.308. The number of rotatable bonds is 2. The van der Waals surface area contributed by atoms with E-state index in [2.05, 4.69) is 30.8 Å². The Morgan fingerprint density at radius 2 is 2.10 bits per heavy atom. The topological polar surface area (TPSA) is 86.3 Å². The van der Waals surface area contributed by atoms with Crippen LogP contribution in [0.4, 0.5) is 5.82 Å².